The van der Waals surface area contributed by atoms with Crippen LogP contribution in [-0.4, -0.2) is 113 Å². The Morgan fingerprint density at radius 2 is 0.887 bits per heavy atom. The van der Waals surface area contributed by atoms with Crippen LogP contribution in [0.25, 0.3) is 0 Å². The lowest BCUT2D eigenvalue weighted by atomic mass is 9.62. The second-order valence-electron chi connectivity index (χ2n) is 22.9. The van der Waals surface area contributed by atoms with Crippen LogP contribution in [0.1, 0.15) is 172 Å². The molecule has 0 spiro atoms. The average molecular weight is 873 g/mol. The summed E-state index contributed by atoms with van der Waals surface area (Å²) in [5.74, 6) is 2.13. The van der Waals surface area contributed by atoms with Crippen molar-refractivity contribution in [2.45, 2.75) is 231 Å². The van der Waals surface area contributed by atoms with Gasteiger partial charge in [0.15, 0.2) is 0 Å². The fraction of sp³-hybridized carbons (Fsp3) is 0.846. The van der Waals surface area contributed by atoms with Crippen LogP contribution >= 0.6 is 0 Å². The minimum absolute atomic E-state index is 0.181. The van der Waals surface area contributed by atoms with Crippen molar-refractivity contribution in [1.29, 1.82) is 0 Å². The van der Waals surface area contributed by atoms with Gasteiger partial charge in [-0.05, 0) is 193 Å². The Balaban J connectivity index is 0.000000234. The molecule has 356 valence electrons. The molecule has 6 saturated carbocycles. The Kier molecular flexibility index (Phi) is 16.8. The first-order valence-electron chi connectivity index (χ1n) is 24.3. The highest BCUT2D eigenvalue weighted by Gasteiger charge is 2.53. The monoisotopic (exact) mass is 873 g/mol. The van der Waals surface area contributed by atoms with E-state index in [4.69, 9.17) is 9.47 Å². The van der Waals surface area contributed by atoms with Crippen LogP contribution in [0.4, 0.5) is 0 Å². The van der Waals surface area contributed by atoms with Gasteiger partial charge in [0.25, 0.3) is 0 Å². The van der Waals surface area contributed by atoms with Crippen LogP contribution in [0.2, 0.25) is 0 Å². The van der Waals surface area contributed by atoms with E-state index in [1.807, 2.05) is 27.7 Å². The van der Waals surface area contributed by atoms with E-state index in [9.17, 15) is 40.9 Å². The predicted molar refractivity (Wildman–Crippen MR) is 245 cm³/mol. The molecule has 0 saturated heterocycles. The van der Waals surface area contributed by atoms with Gasteiger partial charge < -0.3 is 50.3 Å². The molecule has 0 radical (unpaired) electrons. The van der Waals surface area contributed by atoms with E-state index in [-0.39, 0.29) is 23.0 Å². The van der Waals surface area contributed by atoms with Gasteiger partial charge in [-0.1, -0.05) is 60.4 Å². The molecule has 6 unspecified atom stereocenters. The highest BCUT2D eigenvalue weighted by Crippen LogP contribution is 2.60. The summed E-state index contributed by atoms with van der Waals surface area (Å²) in [4.78, 5) is 0. The van der Waals surface area contributed by atoms with Crippen LogP contribution in [-0.2, 0) is 9.47 Å². The summed E-state index contributed by atoms with van der Waals surface area (Å²) in [7, 11) is 0. The minimum atomic E-state index is -1.44. The van der Waals surface area contributed by atoms with Crippen molar-refractivity contribution in [3.8, 4) is 0 Å². The Hall–Kier alpha value is -1.44. The number of aliphatic hydroxyl groups excluding tert-OH is 4. The number of hydrogen-bond acceptors (Lipinski definition) is 10. The summed E-state index contributed by atoms with van der Waals surface area (Å²) >= 11 is 0. The van der Waals surface area contributed by atoms with E-state index in [1.54, 1.807) is 0 Å². The molecule has 12 atom stereocenters. The largest absolute Gasteiger partial charge is 0.390 e. The van der Waals surface area contributed by atoms with Gasteiger partial charge in [0, 0.05) is 13.2 Å². The van der Waals surface area contributed by atoms with Crippen molar-refractivity contribution in [2.24, 2.45) is 34.5 Å². The van der Waals surface area contributed by atoms with Crippen molar-refractivity contribution >= 4 is 0 Å². The van der Waals surface area contributed by atoms with Crippen LogP contribution < -0.4 is 0 Å². The van der Waals surface area contributed by atoms with Gasteiger partial charge in [0.05, 0.1) is 47.8 Å². The zero-order valence-electron chi connectivity index (χ0n) is 40.2. The number of aliphatic hydroxyl groups is 8. The first-order chi connectivity index (χ1) is 28.7. The highest BCUT2D eigenvalue weighted by atomic mass is 16.5. The molecular weight excluding hydrogens is 785 g/mol. The smallest absolute Gasteiger partial charge is 0.114 e. The summed E-state index contributed by atoms with van der Waals surface area (Å²) in [5.41, 5.74) is 1.17. The van der Waals surface area contributed by atoms with Crippen molar-refractivity contribution in [3.63, 3.8) is 0 Å². The number of rotatable bonds is 12. The molecule has 6 rings (SSSR count). The first-order valence-corrected chi connectivity index (χ1v) is 24.3. The third-order valence-electron chi connectivity index (χ3n) is 17.0. The van der Waals surface area contributed by atoms with Gasteiger partial charge in [-0.3, -0.25) is 0 Å². The Morgan fingerprint density at radius 3 is 1.19 bits per heavy atom. The lowest BCUT2D eigenvalue weighted by Gasteiger charge is -2.44. The van der Waals surface area contributed by atoms with E-state index in [2.05, 4.69) is 52.0 Å². The van der Waals surface area contributed by atoms with Gasteiger partial charge in [-0.15, -0.1) is 0 Å². The molecule has 6 aliphatic rings. The van der Waals surface area contributed by atoms with Crippen molar-refractivity contribution < 1.29 is 50.3 Å². The Morgan fingerprint density at radius 1 is 0.565 bits per heavy atom. The standard InChI is InChI=1S/2C26H44O5/c2*1-17(31-14-13-24(2,3)29)20-10-11-21-19(7-6-12-25(20,21)4)9-8-18-15-22(27)26(5,30)23(28)16-18/h2*8-9,17,20-23,27-30H,6-7,10-16H2,1-5H3/b2*18-8?,19-9+/t2*17-,20?,21?,22-,23-,25?,26?/m11/s1. The summed E-state index contributed by atoms with van der Waals surface area (Å²) in [6, 6.07) is 0. The maximum atomic E-state index is 10.2. The molecule has 0 aromatic rings. The lowest BCUT2D eigenvalue weighted by molar-refractivity contribution is -0.144. The van der Waals surface area contributed by atoms with Crippen molar-refractivity contribution in [1.82, 2.24) is 0 Å². The molecule has 10 heteroatoms. The lowest BCUT2D eigenvalue weighted by Crippen LogP contribution is -2.52. The molecule has 6 aliphatic carbocycles. The fourth-order valence-electron chi connectivity index (χ4n) is 12.5. The molecular formula is C52H88O10. The van der Waals surface area contributed by atoms with Crippen molar-refractivity contribution in [3.05, 3.63) is 46.6 Å². The van der Waals surface area contributed by atoms with Crippen LogP contribution in [0.5, 0.6) is 0 Å². The van der Waals surface area contributed by atoms with Gasteiger partial charge in [0.1, 0.15) is 11.2 Å². The first kappa shape index (κ1) is 51.5. The van der Waals surface area contributed by atoms with Crippen LogP contribution in [0.15, 0.2) is 46.6 Å². The van der Waals surface area contributed by atoms with Crippen LogP contribution in [0.3, 0.4) is 0 Å². The Bertz CT molecular complexity index is 1460. The molecule has 0 aliphatic heterocycles. The summed E-state index contributed by atoms with van der Waals surface area (Å²) < 4.78 is 12.4. The second kappa shape index (κ2) is 20.2. The second-order valence-corrected chi connectivity index (χ2v) is 22.9. The number of ether oxygens (including phenoxy) is 2. The Labute approximate surface area is 374 Å². The number of fused-ring (bicyclic) bond motifs is 2. The van der Waals surface area contributed by atoms with Gasteiger partial charge in [-0.25, -0.2) is 0 Å². The van der Waals surface area contributed by atoms with Crippen LogP contribution in [0, 0.1) is 34.5 Å². The van der Waals surface area contributed by atoms with Crippen molar-refractivity contribution in [2.75, 3.05) is 13.2 Å². The summed E-state index contributed by atoms with van der Waals surface area (Å²) in [6.07, 6.45) is 19.9. The SMILES string of the molecule is C[C@@H](OCCC(C)(C)O)C1CCC2/C(=C/C=C3C[C@@H](O)C(C)(O)[C@H](O)C3)CCCC21C.C[C@@H](OCCC(C)(C)O)C1CCC2/C(=C/C=C3C[C@@H](O)C(C)(O)[C@H](O)C3)CCCC21C. The predicted octanol–water partition coefficient (Wildman–Crippen LogP) is 7.78. The molecule has 8 N–H and O–H groups in total. The highest BCUT2D eigenvalue weighted by molar-refractivity contribution is 5.29. The molecule has 62 heavy (non-hydrogen) atoms. The zero-order valence-corrected chi connectivity index (χ0v) is 40.2. The molecule has 6 fully saturated rings. The van der Waals surface area contributed by atoms with E-state index in [0.29, 0.717) is 75.4 Å². The van der Waals surface area contributed by atoms with Gasteiger partial charge >= 0.3 is 0 Å². The average Bonchev–Trinajstić information content (AvgIpc) is 3.71. The topological polar surface area (TPSA) is 180 Å². The third kappa shape index (κ3) is 12.1. The fourth-order valence-corrected chi connectivity index (χ4v) is 12.5. The molecule has 0 aromatic heterocycles. The van der Waals surface area contributed by atoms with E-state index in [1.165, 1.54) is 76.4 Å². The van der Waals surface area contributed by atoms with Gasteiger partial charge in [0.2, 0.25) is 0 Å². The maximum absolute atomic E-state index is 10.2. The third-order valence-corrected chi connectivity index (χ3v) is 17.0. The molecule has 0 aromatic carbocycles. The minimum Gasteiger partial charge on any atom is -0.390 e. The molecule has 0 bridgehead atoms. The maximum Gasteiger partial charge on any atom is 0.114 e. The molecule has 10 nitrogen and oxygen atoms in total. The summed E-state index contributed by atoms with van der Waals surface area (Å²) in [5, 5.41) is 81.2. The summed E-state index contributed by atoms with van der Waals surface area (Å²) in [6.45, 7) is 20.7. The quantitative estimate of drug-likeness (QED) is 0.0966. The normalized spacial score (nSPS) is 41.3. The van der Waals surface area contributed by atoms with E-state index in [0.717, 1.165) is 24.0 Å². The number of hydrogen-bond donors (Lipinski definition) is 8. The van der Waals surface area contributed by atoms with E-state index < -0.39 is 46.8 Å². The zero-order chi connectivity index (χ0) is 46.1. The molecule has 0 heterocycles. The van der Waals surface area contributed by atoms with E-state index >= 15 is 0 Å². The van der Waals surface area contributed by atoms with Gasteiger partial charge in [-0.2, -0.15) is 0 Å². The molecule has 0 amide bonds. The number of allylic oxidation sites excluding steroid dienone is 6.